The van der Waals surface area contributed by atoms with Gasteiger partial charge in [0, 0.05) is 5.92 Å². The number of alkyl halides is 1. The maximum absolute atomic E-state index is 14.0. The van der Waals surface area contributed by atoms with Gasteiger partial charge in [0.1, 0.15) is 11.4 Å². The lowest BCUT2D eigenvalue weighted by Gasteiger charge is -2.27. The molecule has 34 heavy (non-hydrogen) atoms. The van der Waals surface area contributed by atoms with Crippen LogP contribution in [0.2, 0.25) is 0 Å². The topological polar surface area (TPSA) is 118 Å². The van der Waals surface area contributed by atoms with Gasteiger partial charge in [0.05, 0.1) is 29.4 Å². The van der Waals surface area contributed by atoms with E-state index in [4.69, 9.17) is 5.73 Å². The first-order valence-electron chi connectivity index (χ1n) is 11.4. The fourth-order valence-corrected chi connectivity index (χ4v) is 3.81. The number of hydrogen-bond acceptors (Lipinski definition) is 5. The van der Waals surface area contributed by atoms with Crippen molar-refractivity contribution in [1.29, 1.82) is 0 Å². The summed E-state index contributed by atoms with van der Waals surface area (Å²) < 4.78 is 14.0. The number of rotatable bonds is 11. The predicted molar refractivity (Wildman–Crippen MR) is 129 cm³/mol. The molecule has 0 unspecified atom stereocenters. The Hall–Kier alpha value is -3.39. The Morgan fingerprint density at radius 1 is 1.09 bits per heavy atom. The zero-order valence-electron chi connectivity index (χ0n) is 19.4. The summed E-state index contributed by atoms with van der Waals surface area (Å²) in [4.78, 5) is 33.6. The zero-order chi connectivity index (χ0) is 24.7. The second-order valence-electron chi connectivity index (χ2n) is 9.17. The number of aromatic nitrogens is 2. The van der Waals surface area contributed by atoms with Crippen LogP contribution in [0.25, 0.3) is 11.0 Å². The molecule has 0 fully saturated rings. The molecule has 0 bridgehead atoms. The van der Waals surface area contributed by atoms with Crippen molar-refractivity contribution >= 4 is 22.8 Å². The molecule has 0 aliphatic carbocycles. The van der Waals surface area contributed by atoms with Gasteiger partial charge in [-0.3, -0.25) is 14.6 Å². The number of benzene rings is 2. The van der Waals surface area contributed by atoms with E-state index in [1.807, 2.05) is 42.5 Å². The average Bonchev–Trinajstić information content (AvgIpc) is 2.80. The SMILES string of the molecule is CC(C)(F)CC[C@H](C[C@@H](O)[C@H](Cc1ccccc1)NC(=O)c1cnc2ccccc2n1)C(N)=O. The Morgan fingerprint density at radius 3 is 2.38 bits per heavy atom. The van der Waals surface area contributed by atoms with Crippen LogP contribution < -0.4 is 11.1 Å². The first-order valence-corrected chi connectivity index (χ1v) is 11.4. The standard InChI is InChI=1S/C26H31FN4O3/c1-26(2,27)13-12-18(24(28)33)15-23(32)21(14-17-8-4-3-5-9-17)31-25(34)22-16-29-19-10-6-7-11-20(19)30-22/h3-11,16,18,21,23,32H,12-15H2,1-2H3,(H2,28,33)(H,31,34)/t18-,21+,23-/m1/s1. The molecule has 7 nitrogen and oxygen atoms in total. The summed E-state index contributed by atoms with van der Waals surface area (Å²) in [5.41, 5.74) is 6.35. The Morgan fingerprint density at radius 2 is 1.74 bits per heavy atom. The summed E-state index contributed by atoms with van der Waals surface area (Å²) in [6.07, 6.45) is 0.978. The van der Waals surface area contributed by atoms with Crippen molar-refractivity contribution in [3.8, 4) is 0 Å². The molecule has 3 rings (SSSR count). The number of aliphatic hydroxyl groups is 1. The van der Waals surface area contributed by atoms with Crippen LogP contribution in [0.4, 0.5) is 4.39 Å². The van der Waals surface area contributed by atoms with Gasteiger partial charge >= 0.3 is 0 Å². The van der Waals surface area contributed by atoms with E-state index in [1.54, 1.807) is 12.1 Å². The van der Waals surface area contributed by atoms with Crippen LogP contribution in [0.1, 0.15) is 49.2 Å². The van der Waals surface area contributed by atoms with E-state index in [-0.39, 0.29) is 25.0 Å². The van der Waals surface area contributed by atoms with Crippen LogP contribution in [0.5, 0.6) is 0 Å². The number of nitrogens with one attached hydrogen (secondary N) is 1. The molecule has 3 atom stereocenters. The molecule has 0 aliphatic heterocycles. The lowest BCUT2D eigenvalue weighted by atomic mass is 9.88. The molecular weight excluding hydrogens is 435 g/mol. The molecule has 0 aliphatic rings. The number of carbonyl (C=O) groups is 2. The third kappa shape index (κ3) is 7.31. The Kier molecular flexibility index (Phi) is 8.28. The van der Waals surface area contributed by atoms with Crippen molar-refractivity contribution in [2.45, 2.75) is 57.3 Å². The molecule has 2 aromatic carbocycles. The smallest absolute Gasteiger partial charge is 0.271 e. The molecule has 1 aromatic heterocycles. The molecule has 4 N–H and O–H groups in total. The van der Waals surface area contributed by atoms with E-state index in [2.05, 4.69) is 15.3 Å². The van der Waals surface area contributed by atoms with Gasteiger partial charge in [-0.15, -0.1) is 0 Å². The number of carbonyl (C=O) groups excluding carboxylic acids is 2. The van der Waals surface area contributed by atoms with E-state index in [0.717, 1.165) is 5.56 Å². The van der Waals surface area contributed by atoms with Gasteiger partial charge in [-0.25, -0.2) is 9.37 Å². The second-order valence-corrected chi connectivity index (χ2v) is 9.17. The number of nitrogens with zero attached hydrogens (tertiary/aromatic N) is 2. The number of fused-ring (bicyclic) bond motifs is 1. The molecule has 180 valence electrons. The maximum Gasteiger partial charge on any atom is 0.271 e. The van der Waals surface area contributed by atoms with Gasteiger partial charge in [-0.05, 0) is 57.2 Å². The highest BCUT2D eigenvalue weighted by atomic mass is 19.1. The summed E-state index contributed by atoms with van der Waals surface area (Å²) in [6.45, 7) is 2.87. The number of aliphatic hydroxyl groups excluding tert-OH is 1. The summed E-state index contributed by atoms with van der Waals surface area (Å²) in [5, 5.41) is 13.9. The van der Waals surface area contributed by atoms with Gasteiger partial charge < -0.3 is 16.2 Å². The summed E-state index contributed by atoms with van der Waals surface area (Å²) >= 11 is 0. The number of para-hydroxylation sites is 2. The first kappa shape index (κ1) is 25.2. The van der Waals surface area contributed by atoms with Crippen molar-refractivity contribution in [1.82, 2.24) is 15.3 Å². The lowest BCUT2D eigenvalue weighted by molar-refractivity contribution is -0.123. The minimum atomic E-state index is -1.45. The van der Waals surface area contributed by atoms with Crippen LogP contribution in [-0.4, -0.2) is 44.7 Å². The van der Waals surface area contributed by atoms with Gasteiger partial charge in [-0.1, -0.05) is 42.5 Å². The normalized spacial score (nSPS) is 14.4. The summed E-state index contributed by atoms with van der Waals surface area (Å²) in [6, 6.07) is 15.9. The van der Waals surface area contributed by atoms with E-state index < -0.39 is 35.5 Å². The van der Waals surface area contributed by atoms with Crippen LogP contribution in [-0.2, 0) is 11.2 Å². The number of nitrogens with two attached hydrogens (primary N) is 1. The summed E-state index contributed by atoms with van der Waals surface area (Å²) in [7, 11) is 0. The monoisotopic (exact) mass is 466 g/mol. The van der Waals surface area contributed by atoms with E-state index in [0.29, 0.717) is 17.5 Å². The Bertz CT molecular complexity index is 1120. The largest absolute Gasteiger partial charge is 0.391 e. The van der Waals surface area contributed by atoms with E-state index in [9.17, 15) is 19.1 Å². The van der Waals surface area contributed by atoms with Crippen molar-refractivity contribution < 1.29 is 19.1 Å². The number of hydrogen-bond donors (Lipinski definition) is 3. The third-order valence-corrected chi connectivity index (χ3v) is 5.78. The Labute approximate surface area is 198 Å². The molecular formula is C26H31FN4O3. The van der Waals surface area contributed by atoms with Crippen molar-refractivity contribution in [2.75, 3.05) is 0 Å². The van der Waals surface area contributed by atoms with Crippen LogP contribution in [0, 0.1) is 5.92 Å². The van der Waals surface area contributed by atoms with Gasteiger partial charge in [0.15, 0.2) is 0 Å². The second kappa shape index (κ2) is 11.2. The van der Waals surface area contributed by atoms with Crippen LogP contribution in [0.15, 0.2) is 60.8 Å². The third-order valence-electron chi connectivity index (χ3n) is 5.78. The van der Waals surface area contributed by atoms with Crippen molar-refractivity contribution in [2.24, 2.45) is 11.7 Å². The van der Waals surface area contributed by atoms with Crippen LogP contribution >= 0.6 is 0 Å². The quantitative estimate of drug-likeness (QED) is 0.401. The minimum Gasteiger partial charge on any atom is -0.391 e. The first-order chi connectivity index (χ1) is 16.1. The van der Waals surface area contributed by atoms with Gasteiger partial charge in [0.25, 0.3) is 5.91 Å². The highest BCUT2D eigenvalue weighted by Gasteiger charge is 2.29. The molecule has 1 heterocycles. The fourth-order valence-electron chi connectivity index (χ4n) is 3.81. The molecule has 0 radical (unpaired) electrons. The maximum atomic E-state index is 14.0. The molecule has 0 saturated heterocycles. The van der Waals surface area contributed by atoms with Gasteiger partial charge in [0.2, 0.25) is 5.91 Å². The lowest BCUT2D eigenvalue weighted by Crippen LogP contribution is -2.46. The summed E-state index contributed by atoms with van der Waals surface area (Å²) in [5.74, 6) is -1.81. The van der Waals surface area contributed by atoms with E-state index >= 15 is 0 Å². The molecule has 0 saturated carbocycles. The molecule has 2 amide bonds. The number of primary amides is 1. The number of amides is 2. The van der Waals surface area contributed by atoms with Crippen molar-refractivity contribution in [3.05, 3.63) is 72.1 Å². The fraction of sp³-hybridized carbons (Fsp3) is 0.385. The Balaban J connectivity index is 1.78. The minimum absolute atomic E-state index is 0.00654. The number of halogens is 1. The highest BCUT2D eigenvalue weighted by Crippen LogP contribution is 2.24. The van der Waals surface area contributed by atoms with E-state index in [1.165, 1.54) is 20.0 Å². The van der Waals surface area contributed by atoms with Crippen molar-refractivity contribution in [3.63, 3.8) is 0 Å². The molecule has 3 aromatic rings. The van der Waals surface area contributed by atoms with Gasteiger partial charge in [-0.2, -0.15) is 0 Å². The molecule has 0 spiro atoms. The zero-order valence-corrected chi connectivity index (χ0v) is 19.4. The average molecular weight is 467 g/mol. The highest BCUT2D eigenvalue weighted by molar-refractivity contribution is 5.94. The van der Waals surface area contributed by atoms with Crippen LogP contribution in [0.3, 0.4) is 0 Å². The molecule has 8 heteroatoms. The predicted octanol–water partition coefficient (Wildman–Crippen LogP) is 3.35.